The second-order valence-electron chi connectivity index (χ2n) is 8.45. The van der Waals surface area contributed by atoms with Crippen LogP contribution in [-0.2, 0) is 12.0 Å². The van der Waals surface area contributed by atoms with Gasteiger partial charge in [0.25, 0.3) is 5.69 Å². The van der Waals surface area contributed by atoms with Gasteiger partial charge in [0, 0.05) is 50.5 Å². The maximum absolute atomic E-state index is 12.5. The molecular formula is C22H28N4O3. The molecule has 1 N–H and O–H groups in total. The molecule has 0 atom stereocenters. The van der Waals surface area contributed by atoms with E-state index in [-0.39, 0.29) is 17.1 Å². The molecule has 1 aliphatic rings. The second kappa shape index (κ2) is 8.61. The molecule has 1 fully saturated rings. The smallest absolute Gasteiger partial charge is 0.321 e. The number of nitro groups is 1. The average molecular weight is 396 g/mol. The fraction of sp³-hybridized carbons (Fsp3) is 0.409. The molecular weight excluding hydrogens is 368 g/mol. The Morgan fingerprint density at radius 3 is 2.31 bits per heavy atom. The number of hydrogen-bond donors (Lipinski definition) is 1. The molecule has 0 bridgehead atoms. The summed E-state index contributed by atoms with van der Waals surface area (Å²) in [5, 5.41) is 13.6. The van der Waals surface area contributed by atoms with E-state index in [1.807, 2.05) is 0 Å². The molecule has 2 aromatic carbocycles. The van der Waals surface area contributed by atoms with Crippen LogP contribution in [0.1, 0.15) is 31.9 Å². The standard InChI is InChI=1S/C22H28N4O3/c1-22(2,3)18-9-7-17(8-10-18)16-24-11-13-25(14-12-24)21(27)23-19-5-4-6-20(15-19)26(28)29/h4-10,15H,11-14,16H2,1-3H3,(H,23,27). The highest BCUT2D eigenvalue weighted by Gasteiger charge is 2.22. The first-order valence-electron chi connectivity index (χ1n) is 9.84. The number of nitro benzene ring substituents is 1. The Morgan fingerprint density at radius 1 is 1.07 bits per heavy atom. The van der Waals surface area contributed by atoms with Crippen LogP contribution in [0.5, 0.6) is 0 Å². The number of carbonyl (C=O) groups is 1. The normalized spacial score (nSPS) is 15.2. The van der Waals surface area contributed by atoms with Crippen molar-refractivity contribution in [3.63, 3.8) is 0 Å². The van der Waals surface area contributed by atoms with Crippen LogP contribution in [0.3, 0.4) is 0 Å². The molecule has 2 aromatic rings. The van der Waals surface area contributed by atoms with Crippen LogP contribution in [0.15, 0.2) is 48.5 Å². The molecule has 0 spiro atoms. The molecule has 0 unspecified atom stereocenters. The first-order valence-corrected chi connectivity index (χ1v) is 9.84. The minimum Gasteiger partial charge on any atom is -0.322 e. The van der Waals surface area contributed by atoms with Gasteiger partial charge in [-0.25, -0.2) is 4.79 Å². The van der Waals surface area contributed by atoms with Crippen LogP contribution in [0.4, 0.5) is 16.2 Å². The molecule has 3 rings (SSSR count). The lowest BCUT2D eigenvalue weighted by atomic mass is 9.87. The summed E-state index contributed by atoms with van der Waals surface area (Å²) in [5.74, 6) is 0. The summed E-state index contributed by atoms with van der Waals surface area (Å²) in [6.07, 6.45) is 0. The number of amides is 2. The summed E-state index contributed by atoms with van der Waals surface area (Å²) in [6, 6.07) is 14.5. The summed E-state index contributed by atoms with van der Waals surface area (Å²) in [4.78, 5) is 27.0. The Morgan fingerprint density at radius 2 is 1.72 bits per heavy atom. The molecule has 1 heterocycles. The predicted octanol–water partition coefficient (Wildman–Crippen LogP) is 4.24. The highest BCUT2D eigenvalue weighted by atomic mass is 16.6. The number of anilines is 1. The molecule has 7 nitrogen and oxygen atoms in total. The van der Waals surface area contributed by atoms with Crippen molar-refractivity contribution < 1.29 is 9.72 Å². The van der Waals surface area contributed by atoms with Gasteiger partial charge in [-0.1, -0.05) is 51.1 Å². The zero-order valence-corrected chi connectivity index (χ0v) is 17.2. The summed E-state index contributed by atoms with van der Waals surface area (Å²) in [7, 11) is 0. The number of urea groups is 1. The number of carbonyl (C=O) groups excluding carboxylic acids is 1. The highest BCUT2D eigenvalue weighted by Crippen LogP contribution is 2.23. The van der Waals surface area contributed by atoms with E-state index in [0.29, 0.717) is 18.8 Å². The average Bonchev–Trinajstić information content (AvgIpc) is 2.68. The third-order valence-corrected chi connectivity index (χ3v) is 5.19. The van der Waals surface area contributed by atoms with Crippen molar-refractivity contribution >= 4 is 17.4 Å². The van der Waals surface area contributed by atoms with Crippen molar-refractivity contribution in [2.45, 2.75) is 32.7 Å². The zero-order valence-electron chi connectivity index (χ0n) is 17.2. The number of nitrogens with one attached hydrogen (secondary N) is 1. The van der Waals surface area contributed by atoms with Crippen LogP contribution in [0.25, 0.3) is 0 Å². The van der Waals surface area contributed by atoms with Crippen molar-refractivity contribution in [2.75, 3.05) is 31.5 Å². The Hall–Kier alpha value is -2.93. The number of nitrogens with zero attached hydrogens (tertiary/aromatic N) is 3. The van der Waals surface area contributed by atoms with Gasteiger partial charge in [0.2, 0.25) is 0 Å². The van der Waals surface area contributed by atoms with Gasteiger partial charge >= 0.3 is 6.03 Å². The van der Waals surface area contributed by atoms with Crippen LogP contribution in [0.2, 0.25) is 0 Å². The van der Waals surface area contributed by atoms with Crippen molar-refractivity contribution in [1.82, 2.24) is 9.80 Å². The minimum absolute atomic E-state index is 0.0369. The maximum atomic E-state index is 12.5. The first-order chi connectivity index (χ1) is 13.7. The monoisotopic (exact) mass is 396 g/mol. The van der Waals surface area contributed by atoms with Crippen molar-refractivity contribution in [2.24, 2.45) is 0 Å². The van der Waals surface area contributed by atoms with E-state index in [0.717, 1.165) is 19.6 Å². The van der Waals surface area contributed by atoms with Crippen molar-refractivity contribution in [3.05, 3.63) is 69.8 Å². The van der Waals surface area contributed by atoms with E-state index >= 15 is 0 Å². The summed E-state index contributed by atoms with van der Waals surface area (Å²) in [5.41, 5.74) is 3.14. The molecule has 1 saturated heterocycles. The van der Waals surface area contributed by atoms with Gasteiger partial charge in [-0.2, -0.15) is 0 Å². The zero-order chi connectivity index (χ0) is 21.0. The topological polar surface area (TPSA) is 78.7 Å². The number of benzene rings is 2. The summed E-state index contributed by atoms with van der Waals surface area (Å²) >= 11 is 0. The predicted molar refractivity (Wildman–Crippen MR) is 114 cm³/mol. The van der Waals surface area contributed by atoms with Crippen molar-refractivity contribution in [3.8, 4) is 0 Å². The number of hydrogen-bond acceptors (Lipinski definition) is 4. The quantitative estimate of drug-likeness (QED) is 0.619. The third kappa shape index (κ3) is 5.54. The maximum Gasteiger partial charge on any atom is 0.321 e. The molecule has 154 valence electrons. The third-order valence-electron chi connectivity index (χ3n) is 5.19. The van der Waals surface area contributed by atoms with Crippen LogP contribution >= 0.6 is 0 Å². The van der Waals surface area contributed by atoms with Gasteiger partial charge in [0.05, 0.1) is 4.92 Å². The Kier molecular flexibility index (Phi) is 6.17. The minimum atomic E-state index is -0.470. The summed E-state index contributed by atoms with van der Waals surface area (Å²) in [6.45, 7) is 10.3. The van der Waals surface area contributed by atoms with Crippen LogP contribution in [-0.4, -0.2) is 46.9 Å². The molecule has 0 aromatic heterocycles. The fourth-order valence-electron chi connectivity index (χ4n) is 3.38. The van der Waals surface area contributed by atoms with E-state index in [1.54, 1.807) is 17.0 Å². The Balaban J connectivity index is 1.50. The van der Waals surface area contributed by atoms with Gasteiger partial charge in [-0.3, -0.25) is 15.0 Å². The molecule has 0 radical (unpaired) electrons. The molecule has 7 heteroatoms. The SMILES string of the molecule is CC(C)(C)c1ccc(CN2CCN(C(=O)Nc3cccc([N+](=O)[O-])c3)CC2)cc1. The first kappa shape index (κ1) is 20.8. The largest absolute Gasteiger partial charge is 0.322 e. The molecule has 29 heavy (non-hydrogen) atoms. The van der Waals surface area contributed by atoms with E-state index in [9.17, 15) is 14.9 Å². The molecule has 0 saturated carbocycles. The van der Waals surface area contributed by atoms with Crippen molar-refractivity contribution in [1.29, 1.82) is 0 Å². The number of rotatable bonds is 4. The molecule has 2 amide bonds. The fourth-order valence-corrected chi connectivity index (χ4v) is 3.38. The van der Waals surface area contributed by atoms with Gasteiger partial charge in [0.1, 0.15) is 0 Å². The summed E-state index contributed by atoms with van der Waals surface area (Å²) < 4.78 is 0. The molecule has 1 aliphatic heterocycles. The van der Waals surface area contributed by atoms with Gasteiger partial charge in [0.15, 0.2) is 0 Å². The van der Waals surface area contributed by atoms with Gasteiger partial charge in [-0.05, 0) is 22.6 Å². The lowest BCUT2D eigenvalue weighted by Crippen LogP contribution is -2.49. The second-order valence-corrected chi connectivity index (χ2v) is 8.45. The highest BCUT2D eigenvalue weighted by molar-refractivity contribution is 5.89. The van der Waals surface area contributed by atoms with E-state index in [2.05, 4.69) is 55.3 Å². The van der Waals surface area contributed by atoms with E-state index in [1.165, 1.54) is 23.3 Å². The van der Waals surface area contributed by atoms with E-state index < -0.39 is 4.92 Å². The van der Waals surface area contributed by atoms with Gasteiger partial charge in [-0.15, -0.1) is 0 Å². The lowest BCUT2D eigenvalue weighted by molar-refractivity contribution is -0.384. The van der Waals surface area contributed by atoms with Crippen LogP contribution < -0.4 is 5.32 Å². The van der Waals surface area contributed by atoms with Gasteiger partial charge < -0.3 is 10.2 Å². The Bertz CT molecular complexity index is 866. The molecule has 0 aliphatic carbocycles. The number of piperazine rings is 1. The van der Waals surface area contributed by atoms with E-state index in [4.69, 9.17) is 0 Å². The lowest BCUT2D eigenvalue weighted by Gasteiger charge is -2.34. The number of non-ortho nitro benzene ring substituents is 1. The van der Waals surface area contributed by atoms with Crippen LogP contribution in [0, 0.1) is 10.1 Å². The Labute approximate surface area is 171 Å².